The minimum Gasteiger partial charge on any atom is -0.404 e. The van der Waals surface area contributed by atoms with E-state index in [0.717, 1.165) is 9.13 Å². The standard InChI is InChI=1S/C16H10INO2/c17-12-7-8-14-13(10-12)16(19)20-15(18-14)9-6-11-4-2-1-3-5-11/h1-10H/b9-6+. The molecule has 0 unspecified atom stereocenters. The number of rotatable bonds is 2. The summed E-state index contributed by atoms with van der Waals surface area (Å²) >= 11 is 2.16. The van der Waals surface area contributed by atoms with Crippen LogP contribution in [0.1, 0.15) is 11.5 Å². The number of benzene rings is 2. The van der Waals surface area contributed by atoms with Crippen molar-refractivity contribution < 1.29 is 4.42 Å². The number of aromatic nitrogens is 1. The highest BCUT2D eigenvalue weighted by Gasteiger charge is 2.04. The molecule has 98 valence electrons. The average Bonchev–Trinajstić information content (AvgIpc) is 2.47. The molecule has 0 N–H and O–H groups in total. The monoisotopic (exact) mass is 375 g/mol. The third kappa shape index (κ3) is 2.80. The first-order valence-corrected chi connectivity index (χ1v) is 7.14. The highest BCUT2D eigenvalue weighted by atomic mass is 127. The predicted molar refractivity (Wildman–Crippen MR) is 88.4 cm³/mol. The summed E-state index contributed by atoms with van der Waals surface area (Å²) < 4.78 is 6.19. The maximum atomic E-state index is 11.9. The third-order valence-electron chi connectivity index (χ3n) is 2.82. The molecule has 0 radical (unpaired) electrons. The van der Waals surface area contributed by atoms with Crippen LogP contribution in [0.4, 0.5) is 0 Å². The van der Waals surface area contributed by atoms with E-state index < -0.39 is 0 Å². The fourth-order valence-electron chi connectivity index (χ4n) is 1.86. The van der Waals surface area contributed by atoms with Gasteiger partial charge in [-0.3, -0.25) is 0 Å². The molecule has 0 aliphatic heterocycles. The van der Waals surface area contributed by atoms with Crippen LogP contribution in [0, 0.1) is 3.57 Å². The van der Waals surface area contributed by atoms with E-state index in [9.17, 15) is 4.79 Å². The van der Waals surface area contributed by atoms with Gasteiger partial charge in [0.15, 0.2) is 0 Å². The van der Waals surface area contributed by atoms with E-state index in [1.54, 1.807) is 12.1 Å². The van der Waals surface area contributed by atoms with Crippen molar-refractivity contribution in [3.63, 3.8) is 0 Å². The fourth-order valence-corrected chi connectivity index (χ4v) is 2.35. The van der Waals surface area contributed by atoms with Crippen LogP contribution in [0.15, 0.2) is 57.7 Å². The van der Waals surface area contributed by atoms with Crippen LogP contribution in [-0.2, 0) is 0 Å². The van der Waals surface area contributed by atoms with Gasteiger partial charge >= 0.3 is 5.63 Å². The summed E-state index contributed by atoms with van der Waals surface area (Å²) in [5, 5.41) is 0.508. The van der Waals surface area contributed by atoms with Gasteiger partial charge in [0.1, 0.15) is 0 Å². The lowest BCUT2D eigenvalue weighted by atomic mass is 10.2. The first kappa shape index (κ1) is 13.1. The zero-order valence-electron chi connectivity index (χ0n) is 10.4. The number of fused-ring (bicyclic) bond motifs is 1. The summed E-state index contributed by atoms with van der Waals surface area (Å²) in [7, 11) is 0. The van der Waals surface area contributed by atoms with Gasteiger partial charge in [0.2, 0.25) is 5.89 Å². The van der Waals surface area contributed by atoms with Crippen molar-refractivity contribution in [2.75, 3.05) is 0 Å². The van der Waals surface area contributed by atoms with Gasteiger partial charge in [-0.1, -0.05) is 30.3 Å². The molecule has 3 rings (SSSR count). The molecule has 0 amide bonds. The van der Waals surface area contributed by atoms with Crippen molar-refractivity contribution in [1.82, 2.24) is 4.98 Å². The Balaban J connectivity index is 2.03. The SMILES string of the molecule is O=c1oc(/C=C/c2ccccc2)nc2ccc(I)cc12. The second kappa shape index (κ2) is 5.58. The maximum absolute atomic E-state index is 11.9. The second-order valence-electron chi connectivity index (χ2n) is 4.25. The minimum atomic E-state index is -0.360. The van der Waals surface area contributed by atoms with Gasteiger partial charge in [-0.15, -0.1) is 0 Å². The van der Waals surface area contributed by atoms with E-state index in [2.05, 4.69) is 27.6 Å². The number of hydrogen-bond acceptors (Lipinski definition) is 3. The molecule has 0 saturated heterocycles. The highest BCUT2D eigenvalue weighted by Crippen LogP contribution is 2.14. The molecule has 0 aliphatic carbocycles. The van der Waals surface area contributed by atoms with Gasteiger partial charge < -0.3 is 4.42 Å². The fraction of sp³-hybridized carbons (Fsp3) is 0. The van der Waals surface area contributed by atoms with E-state index in [1.165, 1.54) is 0 Å². The molecule has 2 aromatic carbocycles. The molecule has 4 heteroatoms. The van der Waals surface area contributed by atoms with Crippen LogP contribution in [0.5, 0.6) is 0 Å². The second-order valence-corrected chi connectivity index (χ2v) is 5.49. The maximum Gasteiger partial charge on any atom is 0.347 e. The van der Waals surface area contributed by atoms with Gasteiger partial charge in [-0.25, -0.2) is 9.78 Å². The molecule has 3 nitrogen and oxygen atoms in total. The lowest BCUT2D eigenvalue weighted by Gasteiger charge is -1.98. The lowest BCUT2D eigenvalue weighted by molar-refractivity contribution is 0.490. The summed E-state index contributed by atoms with van der Waals surface area (Å²) in [6.07, 6.45) is 3.57. The molecular weight excluding hydrogens is 365 g/mol. The first-order valence-electron chi connectivity index (χ1n) is 6.06. The van der Waals surface area contributed by atoms with Crippen molar-refractivity contribution in [1.29, 1.82) is 0 Å². The summed E-state index contributed by atoms with van der Waals surface area (Å²) in [4.78, 5) is 16.3. The van der Waals surface area contributed by atoms with Crippen LogP contribution >= 0.6 is 22.6 Å². The van der Waals surface area contributed by atoms with E-state index in [4.69, 9.17) is 4.42 Å². The Labute approximate surface area is 129 Å². The smallest absolute Gasteiger partial charge is 0.347 e. The van der Waals surface area contributed by atoms with Crippen LogP contribution in [0.2, 0.25) is 0 Å². The normalized spacial score (nSPS) is 11.2. The van der Waals surface area contributed by atoms with E-state index in [0.29, 0.717) is 16.8 Å². The molecule has 3 aromatic rings. The summed E-state index contributed by atoms with van der Waals surface area (Å²) in [6.45, 7) is 0. The van der Waals surface area contributed by atoms with Gasteiger partial charge in [0, 0.05) is 9.65 Å². The van der Waals surface area contributed by atoms with Crippen LogP contribution < -0.4 is 5.63 Å². The Bertz CT molecular complexity index is 838. The Morgan fingerprint density at radius 2 is 1.85 bits per heavy atom. The lowest BCUT2D eigenvalue weighted by Crippen LogP contribution is -2.03. The molecule has 0 spiro atoms. The molecule has 0 bridgehead atoms. The predicted octanol–water partition coefficient (Wildman–Crippen LogP) is 3.96. The van der Waals surface area contributed by atoms with Gasteiger partial charge in [-0.2, -0.15) is 0 Å². The zero-order valence-corrected chi connectivity index (χ0v) is 12.6. The van der Waals surface area contributed by atoms with E-state index in [-0.39, 0.29) is 5.63 Å². The summed E-state index contributed by atoms with van der Waals surface area (Å²) in [5.41, 5.74) is 1.32. The largest absolute Gasteiger partial charge is 0.404 e. The molecule has 1 aromatic heterocycles. The van der Waals surface area contributed by atoms with Crippen molar-refractivity contribution in [2.45, 2.75) is 0 Å². The van der Waals surface area contributed by atoms with Crippen molar-refractivity contribution >= 4 is 45.6 Å². The molecule has 0 saturated carbocycles. The summed E-state index contributed by atoms with van der Waals surface area (Å²) in [5.74, 6) is 0.313. The van der Waals surface area contributed by atoms with Crippen molar-refractivity contribution in [3.05, 3.63) is 74.0 Å². The molecule has 20 heavy (non-hydrogen) atoms. The first-order chi connectivity index (χ1) is 9.72. The Kier molecular flexibility index (Phi) is 3.64. The van der Waals surface area contributed by atoms with Gasteiger partial charge in [0.25, 0.3) is 0 Å². The average molecular weight is 375 g/mol. The minimum absolute atomic E-state index is 0.313. The molecular formula is C16H10INO2. The number of hydrogen-bond donors (Lipinski definition) is 0. The zero-order chi connectivity index (χ0) is 13.9. The number of halogens is 1. The van der Waals surface area contributed by atoms with Gasteiger partial charge in [-0.05, 0) is 52.4 Å². The molecule has 0 fully saturated rings. The van der Waals surface area contributed by atoms with Crippen molar-refractivity contribution in [2.24, 2.45) is 0 Å². The molecule has 1 heterocycles. The van der Waals surface area contributed by atoms with Crippen LogP contribution in [0.3, 0.4) is 0 Å². The van der Waals surface area contributed by atoms with Crippen molar-refractivity contribution in [3.8, 4) is 0 Å². The molecule has 0 atom stereocenters. The summed E-state index contributed by atoms with van der Waals surface area (Å²) in [6, 6.07) is 15.3. The quantitative estimate of drug-likeness (QED) is 0.637. The third-order valence-corrected chi connectivity index (χ3v) is 3.50. The van der Waals surface area contributed by atoms with E-state index >= 15 is 0 Å². The van der Waals surface area contributed by atoms with Crippen LogP contribution in [0.25, 0.3) is 23.1 Å². The van der Waals surface area contributed by atoms with Gasteiger partial charge in [0.05, 0.1) is 10.9 Å². The molecule has 0 aliphatic rings. The highest BCUT2D eigenvalue weighted by molar-refractivity contribution is 14.1. The Hall–Kier alpha value is -1.95. The Morgan fingerprint density at radius 3 is 2.65 bits per heavy atom. The topological polar surface area (TPSA) is 43.1 Å². The van der Waals surface area contributed by atoms with E-state index in [1.807, 2.05) is 48.5 Å². The Morgan fingerprint density at radius 1 is 1.05 bits per heavy atom. The number of nitrogens with zero attached hydrogens (tertiary/aromatic N) is 1. The van der Waals surface area contributed by atoms with Crippen LogP contribution in [-0.4, -0.2) is 4.98 Å².